The normalized spacial score (nSPS) is 15.4. The lowest BCUT2D eigenvalue weighted by Gasteiger charge is -2.12. The predicted molar refractivity (Wildman–Crippen MR) is 103 cm³/mol. The highest BCUT2D eigenvalue weighted by molar-refractivity contribution is 6.22. The van der Waals surface area contributed by atoms with Crippen LogP contribution in [0.5, 0.6) is 0 Å². The number of hydrogen-bond donors (Lipinski definition) is 2. The summed E-state index contributed by atoms with van der Waals surface area (Å²) in [6.45, 7) is 1.85. The zero-order chi connectivity index (χ0) is 20.0. The molecule has 0 unspecified atom stereocenters. The average molecular weight is 377 g/mol. The monoisotopic (exact) mass is 377 g/mol. The minimum atomic E-state index is -0.421. The lowest BCUT2D eigenvalue weighted by molar-refractivity contribution is -0.117. The zero-order valence-corrected chi connectivity index (χ0v) is 15.5. The Bertz CT molecular complexity index is 1040. The zero-order valence-electron chi connectivity index (χ0n) is 15.5. The minimum absolute atomic E-state index is 0.00736. The van der Waals surface area contributed by atoms with Crippen molar-refractivity contribution < 1.29 is 19.2 Å². The Kier molecular flexibility index (Phi) is 4.22. The van der Waals surface area contributed by atoms with Gasteiger partial charge in [-0.05, 0) is 55.7 Å². The summed E-state index contributed by atoms with van der Waals surface area (Å²) >= 11 is 0. The van der Waals surface area contributed by atoms with Gasteiger partial charge in [0, 0.05) is 29.9 Å². The lowest BCUT2D eigenvalue weighted by Crippen LogP contribution is -2.24. The molecule has 142 valence electrons. The fraction of sp³-hybridized carbons (Fsp3) is 0.238. The number of aryl methyl sites for hydroxylation is 1. The van der Waals surface area contributed by atoms with Gasteiger partial charge in [0.05, 0.1) is 11.1 Å². The molecule has 0 bridgehead atoms. The van der Waals surface area contributed by atoms with Gasteiger partial charge >= 0.3 is 0 Å². The molecule has 4 amide bonds. The van der Waals surface area contributed by atoms with Gasteiger partial charge in [0.1, 0.15) is 0 Å². The number of benzene rings is 2. The molecule has 1 aliphatic heterocycles. The molecule has 1 heterocycles. The van der Waals surface area contributed by atoms with Crippen LogP contribution in [-0.4, -0.2) is 35.6 Å². The van der Waals surface area contributed by atoms with Crippen LogP contribution in [-0.2, 0) is 4.79 Å². The molecule has 2 aliphatic rings. The molecule has 0 spiro atoms. The summed E-state index contributed by atoms with van der Waals surface area (Å²) in [6.07, 6.45) is 1.83. The van der Waals surface area contributed by atoms with Gasteiger partial charge in [-0.3, -0.25) is 24.1 Å². The van der Waals surface area contributed by atoms with Crippen molar-refractivity contribution in [3.63, 3.8) is 0 Å². The van der Waals surface area contributed by atoms with Crippen LogP contribution in [0.25, 0.3) is 0 Å². The molecule has 28 heavy (non-hydrogen) atoms. The van der Waals surface area contributed by atoms with Crippen molar-refractivity contribution in [2.24, 2.45) is 5.92 Å². The SMILES string of the molecule is Cc1ccc(NC(=O)C2CC2)cc1NC(=O)c1ccc2c(c1)C(=O)N(C)C2=O. The molecular formula is C21H19N3O4. The van der Waals surface area contributed by atoms with E-state index in [9.17, 15) is 19.2 Å². The molecule has 1 aliphatic carbocycles. The Morgan fingerprint density at radius 2 is 1.68 bits per heavy atom. The standard InChI is InChI=1S/C21H19N3O4/c1-11-3-7-14(22-18(25)12-4-5-12)10-17(11)23-19(26)13-6-8-15-16(9-13)21(28)24(2)20(15)27/h3,6-10,12H,4-5H2,1-2H3,(H,22,25)(H,23,26). The van der Waals surface area contributed by atoms with Crippen molar-refractivity contribution in [1.82, 2.24) is 4.90 Å². The van der Waals surface area contributed by atoms with E-state index in [-0.39, 0.29) is 28.9 Å². The third-order valence-electron chi connectivity index (χ3n) is 5.05. The molecule has 0 radical (unpaired) electrons. The van der Waals surface area contributed by atoms with Crippen LogP contribution in [0, 0.1) is 12.8 Å². The van der Waals surface area contributed by atoms with Gasteiger partial charge in [-0.2, -0.15) is 0 Å². The summed E-state index contributed by atoms with van der Waals surface area (Å²) in [5.41, 5.74) is 2.83. The number of carbonyl (C=O) groups is 4. The van der Waals surface area contributed by atoms with Crippen molar-refractivity contribution >= 4 is 35.0 Å². The van der Waals surface area contributed by atoms with E-state index in [1.807, 2.05) is 13.0 Å². The number of imide groups is 1. The Hall–Kier alpha value is -3.48. The van der Waals surface area contributed by atoms with Crippen LogP contribution >= 0.6 is 0 Å². The Balaban J connectivity index is 1.55. The van der Waals surface area contributed by atoms with Crippen LogP contribution in [0.15, 0.2) is 36.4 Å². The number of nitrogens with one attached hydrogen (secondary N) is 2. The molecule has 0 atom stereocenters. The van der Waals surface area contributed by atoms with E-state index in [2.05, 4.69) is 10.6 Å². The number of rotatable bonds is 4. The Morgan fingerprint density at radius 1 is 0.964 bits per heavy atom. The first-order chi connectivity index (χ1) is 13.3. The summed E-state index contributed by atoms with van der Waals surface area (Å²) in [6, 6.07) is 9.77. The number of nitrogens with zero attached hydrogens (tertiary/aromatic N) is 1. The van der Waals surface area contributed by atoms with Gasteiger partial charge in [0.2, 0.25) is 5.91 Å². The van der Waals surface area contributed by atoms with Crippen molar-refractivity contribution in [2.75, 3.05) is 17.7 Å². The maximum atomic E-state index is 12.7. The third kappa shape index (κ3) is 3.15. The molecule has 2 aromatic carbocycles. The van der Waals surface area contributed by atoms with Gasteiger partial charge in [-0.15, -0.1) is 0 Å². The summed E-state index contributed by atoms with van der Waals surface area (Å²) < 4.78 is 0. The fourth-order valence-corrected chi connectivity index (χ4v) is 3.12. The summed E-state index contributed by atoms with van der Waals surface area (Å²) in [4.78, 5) is 49.8. The first-order valence-corrected chi connectivity index (χ1v) is 9.04. The van der Waals surface area contributed by atoms with Crippen molar-refractivity contribution in [1.29, 1.82) is 0 Å². The number of fused-ring (bicyclic) bond motifs is 1. The van der Waals surface area contributed by atoms with Gasteiger partial charge < -0.3 is 10.6 Å². The highest BCUT2D eigenvalue weighted by Gasteiger charge is 2.33. The van der Waals surface area contributed by atoms with Crippen molar-refractivity contribution in [3.8, 4) is 0 Å². The lowest BCUT2D eigenvalue weighted by atomic mass is 10.0. The third-order valence-corrected chi connectivity index (χ3v) is 5.05. The molecule has 0 saturated heterocycles. The Labute approximate surface area is 161 Å². The van der Waals surface area contributed by atoms with Gasteiger partial charge in [0.25, 0.3) is 17.7 Å². The smallest absolute Gasteiger partial charge is 0.261 e. The average Bonchev–Trinajstić information content (AvgIpc) is 3.50. The highest BCUT2D eigenvalue weighted by Crippen LogP contribution is 2.31. The molecule has 4 rings (SSSR count). The van der Waals surface area contributed by atoms with Gasteiger partial charge in [-0.1, -0.05) is 6.07 Å². The number of carbonyl (C=O) groups excluding carboxylic acids is 4. The van der Waals surface area contributed by atoms with Crippen molar-refractivity contribution in [2.45, 2.75) is 19.8 Å². The number of amides is 4. The molecule has 0 aromatic heterocycles. The first-order valence-electron chi connectivity index (χ1n) is 9.04. The Morgan fingerprint density at radius 3 is 2.39 bits per heavy atom. The first kappa shape index (κ1) is 17.9. The van der Waals surface area contributed by atoms with Crippen LogP contribution in [0.2, 0.25) is 0 Å². The van der Waals surface area contributed by atoms with E-state index in [1.165, 1.54) is 25.2 Å². The van der Waals surface area contributed by atoms with Crippen LogP contribution in [0.4, 0.5) is 11.4 Å². The van der Waals surface area contributed by atoms with Crippen molar-refractivity contribution in [3.05, 3.63) is 58.7 Å². The maximum Gasteiger partial charge on any atom is 0.261 e. The summed E-state index contributed by atoms with van der Waals surface area (Å²) in [7, 11) is 1.41. The van der Waals surface area contributed by atoms with E-state index in [1.54, 1.807) is 12.1 Å². The van der Waals surface area contributed by atoms with Gasteiger partial charge in [0.15, 0.2) is 0 Å². The molecule has 7 heteroatoms. The van der Waals surface area contributed by atoms with E-state index in [0.717, 1.165) is 23.3 Å². The van der Waals surface area contributed by atoms with E-state index >= 15 is 0 Å². The molecule has 7 nitrogen and oxygen atoms in total. The quantitative estimate of drug-likeness (QED) is 0.801. The molecule has 2 N–H and O–H groups in total. The predicted octanol–water partition coefficient (Wildman–Crippen LogP) is 2.82. The minimum Gasteiger partial charge on any atom is -0.326 e. The van der Waals surface area contributed by atoms with Crippen LogP contribution < -0.4 is 10.6 Å². The summed E-state index contributed by atoms with van der Waals surface area (Å²) in [5, 5.41) is 5.67. The highest BCUT2D eigenvalue weighted by atomic mass is 16.2. The molecule has 2 aromatic rings. The molecule has 1 saturated carbocycles. The second-order valence-corrected chi connectivity index (χ2v) is 7.18. The maximum absolute atomic E-state index is 12.7. The molecule has 1 fully saturated rings. The van der Waals surface area contributed by atoms with E-state index in [0.29, 0.717) is 16.9 Å². The van der Waals surface area contributed by atoms with Gasteiger partial charge in [-0.25, -0.2) is 0 Å². The largest absolute Gasteiger partial charge is 0.326 e. The second kappa shape index (κ2) is 6.60. The van der Waals surface area contributed by atoms with Crippen LogP contribution in [0.1, 0.15) is 49.5 Å². The molecular weight excluding hydrogens is 358 g/mol. The number of hydrogen-bond acceptors (Lipinski definition) is 4. The van der Waals surface area contributed by atoms with Crippen LogP contribution in [0.3, 0.4) is 0 Å². The second-order valence-electron chi connectivity index (χ2n) is 7.18. The number of anilines is 2. The van der Waals surface area contributed by atoms with E-state index in [4.69, 9.17) is 0 Å². The topological polar surface area (TPSA) is 95.6 Å². The summed E-state index contributed by atoms with van der Waals surface area (Å²) in [5.74, 6) is -1.11. The fourth-order valence-electron chi connectivity index (χ4n) is 3.12. The van der Waals surface area contributed by atoms with E-state index < -0.39 is 11.8 Å².